The van der Waals surface area contributed by atoms with Crippen LogP contribution in [-0.2, 0) is 6.42 Å². The van der Waals surface area contributed by atoms with Gasteiger partial charge < -0.3 is 15.7 Å². The summed E-state index contributed by atoms with van der Waals surface area (Å²) in [5.41, 5.74) is 2.55. The van der Waals surface area contributed by atoms with Gasteiger partial charge in [-0.15, -0.1) is 5.10 Å². The summed E-state index contributed by atoms with van der Waals surface area (Å²) in [6.45, 7) is 1.74. The molecule has 0 bridgehead atoms. The van der Waals surface area contributed by atoms with E-state index in [2.05, 4.69) is 20.9 Å². The highest BCUT2D eigenvalue weighted by Gasteiger charge is 2.07. The van der Waals surface area contributed by atoms with E-state index in [-0.39, 0.29) is 6.10 Å². The Morgan fingerprint density at radius 3 is 2.63 bits per heavy atom. The normalized spacial score (nSPS) is 11.8. The SMILES string of the molecule is CC(O)CCc1cn(-c2ccc(NC(=O)Nc3cccc(F)c3)cc2)nn1. The number of aryl methyl sites for hydroxylation is 1. The van der Waals surface area contributed by atoms with Gasteiger partial charge in [0.2, 0.25) is 0 Å². The molecule has 1 aromatic heterocycles. The van der Waals surface area contributed by atoms with E-state index in [0.717, 1.165) is 11.4 Å². The molecule has 7 nitrogen and oxygen atoms in total. The number of aliphatic hydroxyl groups excluding tert-OH is 1. The second-order valence-electron chi connectivity index (χ2n) is 6.18. The number of aromatic nitrogens is 3. The summed E-state index contributed by atoms with van der Waals surface area (Å²) in [4.78, 5) is 12.0. The van der Waals surface area contributed by atoms with E-state index >= 15 is 0 Å². The highest BCUT2D eigenvalue weighted by molar-refractivity contribution is 5.99. The third kappa shape index (κ3) is 5.35. The van der Waals surface area contributed by atoms with Crippen LogP contribution in [0.4, 0.5) is 20.6 Å². The van der Waals surface area contributed by atoms with Crippen molar-refractivity contribution in [2.75, 3.05) is 10.6 Å². The van der Waals surface area contributed by atoms with Crippen molar-refractivity contribution >= 4 is 17.4 Å². The second kappa shape index (κ2) is 8.41. The summed E-state index contributed by atoms with van der Waals surface area (Å²) in [6, 6.07) is 12.3. The van der Waals surface area contributed by atoms with E-state index in [1.807, 2.05) is 6.20 Å². The molecule has 1 heterocycles. The van der Waals surface area contributed by atoms with Crippen LogP contribution in [0, 0.1) is 5.82 Å². The first kappa shape index (κ1) is 18.5. The molecule has 3 N–H and O–H groups in total. The predicted octanol–water partition coefficient (Wildman–Crippen LogP) is 3.36. The molecule has 3 aromatic rings. The number of nitrogens with one attached hydrogen (secondary N) is 2. The molecule has 1 unspecified atom stereocenters. The van der Waals surface area contributed by atoms with Crippen molar-refractivity contribution < 1.29 is 14.3 Å². The van der Waals surface area contributed by atoms with Crippen LogP contribution in [0.25, 0.3) is 5.69 Å². The highest BCUT2D eigenvalue weighted by Crippen LogP contribution is 2.15. The Balaban J connectivity index is 1.59. The van der Waals surface area contributed by atoms with Gasteiger partial charge in [0.15, 0.2) is 0 Å². The van der Waals surface area contributed by atoms with E-state index in [0.29, 0.717) is 24.2 Å². The van der Waals surface area contributed by atoms with Crippen molar-refractivity contribution in [3.05, 3.63) is 66.2 Å². The van der Waals surface area contributed by atoms with Gasteiger partial charge in [0, 0.05) is 11.4 Å². The fraction of sp³-hybridized carbons (Fsp3) is 0.211. The minimum atomic E-state index is -0.463. The number of benzene rings is 2. The van der Waals surface area contributed by atoms with Gasteiger partial charge in [0.25, 0.3) is 0 Å². The number of carbonyl (C=O) groups excluding carboxylic acids is 1. The number of hydrogen-bond donors (Lipinski definition) is 3. The highest BCUT2D eigenvalue weighted by atomic mass is 19.1. The van der Waals surface area contributed by atoms with Crippen LogP contribution in [0.3, 0.4) is 0 Å². The Kier molecular flexibility index (Phi) is 5.77. The summed E-state index contributed by atoms with van der Waals surface area (Å²) in [5, 5.41) is 22.7. The van der Waals surface area contributed by atoms with Gasteiger partial charge in [0.1, 0.15) is 5.82 Å². The number of amides is 2. The average molecular weight is 369 g/mol. The van der Waals surface area contributed by atoms with Crippen molar-refractivity contribution in [1.82, 2.24) is 15.0 Å². The van der Waals surface area contributed by atoms with Crippen molar-refractivity contribution in [2.24, 2.45) is 0 Å². The zero-order chi connectivity index (χ0) is 19.2. The van der Waals surface area contributed by atoms with Gasteiger partial charge in [-0.25, -0.2) is 13.9 Å². The third-order valence-electron chi connectivity index (χ3n) is 3.83. The van der Waals surface area contributed by atoms with Gasteiger partial charge in [-0.05, 0) is 62.2 Å². The van der Waals surface area contributed by atoms with E-state index in [9.17, 15) is 14.3 Å². The Morgan fingerprint density at radius 1 is 1.19 bits per heavy atom. The van der Waals surface area contributed by atoms with Gasteiger partial charge in [0.05, 0.1) is 23.7 Å². The minimum absolute atomic E-state index is 0.372. The number of hydrogen-bond acceptors (Lipinski definition) is 4. The Bertz CT molecular complexity index is 908. The monoisotopic (exact) mass is 369 g/mol. The molecule has 0 saturated carbocycles. The van der Waals surface area contributed by atoms with Crippen molar-refractivity contribution in [3.8, 4) is 5.69 Å². The van der Waals surface area contributed by atoms with Crippen LogP contribution in [0.5, 0.6) is 0 Å². The average Bonchev–Trinajstić information content (AvgIpc) is 3.09. The standard InChI is InChI=1S/C19H20FN5O2/c1-13(26)5-6-17-12-25(24-23-17)18-9-7-15(8-10-18)21-19(27)22-16-4-2-3-14(20)11-16/h2-4,7-13,26H,5-6H2,1H3,(H2,21,22,27). The molecule has 0 spiro atoms. The van der Waals surface area contributed by atoms with Crippen molar-refractivity contribution in [1.29, 1.82) is 0 Å². The molecule has 0 saturated heterocycles. The summed E-state index contributed by atoms with van der Waals surface area (Å²) in [5.74, 6) is -0.419. The van der Waals surface area contributed by atoms with E-state index in [4.69, 9.17) is 0 Å². The second-order valence-corrected chi connectivity index (χ2v) is 6.18. The molecule has 1 atom stereocenters. The van der Waals surface area contributed by atoms with Crippen LogP contribution in [0.2, 0.25) is 0 Å². The maximum atomic E-state index is 13.1. The number of carbonyl (C=O) groups is 1. The lowest BCUT2D eigenvalue weighted by Gasteiger charge is -2.08. The smallest absolute Gasteiger partial charge is 0.323 e. The quantitative estimate of drug-likeness (QED) is 0.621. The maximum absolute atomic E-state index is 13.1. The molecular weight excluding hydrogens is 349 g/mol. The van der Waals surface area contributed by atoms with Crippen LogP contribution < -0.4 is 10.6 Å². The number of halogens is 1. The largest absolute Gasteiger partial charge is 0.393 e. The molecule has 0 fully saturated rings. The number of rotatable bonds is 6. The zero-order valence-electron chi connectivity index (χ0n) is 14.8. The molecule has 0 aliphatic heterocycles. The fourth-order valence-electron chi connectivity index (χ4n) is 2.45. The first-order valence-corrected chi connectivity index (χ1v) is 8.53. The first-order valence-electron chi connectivity index (χ1n) is 8.53. The van der Waals surface area contributed by atoms with Gasteiger partial charge >= 0.3 is 6.03 Å². The lowest BCUT2D eigenvalue weighted by Crippen LogP contribution is -2.19. The summed E-state index contributed by atoms with van der Waals surface area (Å²) < 4.78 is 14.8. The third-order valence-corrected chi connectivity index (χ3v) is 3.83. The molecular formula is C19H20FN5O2. The molecule has 3 rings (SSSR count). The first-order chi connectivity index (χ1) is 13.0. The number of aliphatic hydroxyl groups is 1. The van der Waals surface area contributed by atoms with Crippen LogP contribution in [-0.4, -0.2) is 32.2 Å². The zero-order valence-corrected chi connectivity index (χ0v) is 14.8. The summed E-state index contributed by atoms with van der Waals surface area (Å²) in [6.07, 6.45) is 2.71. The Labute approximate surface area is 155 Å². The van der Waals surface area contributed by atoms with E-state index < -0.39 is 11.8 Å². The van der Waals surface area contributed by atoms with Gasteiger partial charge in [-0.3, -0.25) is 0 Å². The summed E-state index contributed by atoms with van der Waals surface area (Å²) in [7, 11) is 0. The van der Waals surface area contributed by atoms with E-state index in [1.165, 1.54) is 18.2 Å². The maximum Gasteiger partial charge on any atom is 0.323 e. The number of nitrogens with zero attached hydrogens (tertiary/aromatic N) is 3. The lowest BCUT2D eigenvalue weighted by molar-refractivity contribution is 0.184. The Hall–Kier alpha value is -3.26. The molecule has 2 aromatic carbocycles. The molecule has 0 aliphatic carbocycles. The van der Waals surface area contributed by atoms with Gasteiger partial charge in [-0.1, -0.05) is 11.3 Å². The van der Waals surface area contributed by atoms with Gasteiger partial charge in [-0.2, -0.15) is 0 Å². The molecule has 27 heavy (non-hydrogen) atoms. The molecule has 8 heteroatoms. The van der Waals surface area contributed by atoms with Crippen molar-refractivity contribution in [3.63, 3.8) is 0 Å². The van der Waals surface area contributed by atoms with Crippen LogP contribution in [0.15, 0.2) is 54.7 Å². The molecule has 2 amide bonds. The number of urea groups is 1. The van der Waals surface area contributed by atoms with Crippen LogP contribution >= 0.6 is 0 Å². The van der Waals surface area contributed by atoms with Crippen molar-refractivity contribution in [2.45, 2.75) is 25.9 Å². The topological polar surface area (TPSA) is 92.1 Å². The molecule has 140 valence electrons. The van der Waals surface area contributed by atoms with E-state index in [1.54, 1.807) is 41.9 Å². The number of anilines is 2. The summed E-state index contributed by atoms with van der Waals surface area (Å²) >= 11 is 0. The Morgan fingerprint density at radius 2 is 1.93 bits per heavy atom. The molecule has 0 aliphatic rings. The minimum Gasteiger partial charge on any atom is -0.393 e. The van der Waals surface area contributed by atoms with Crippen LogP contribution in [0.1, 0.15) is 19.0 Å². The fourth-order valence-corrected chi connectivity index (χ4v) is 2.45. The lowest BCUT2D eigenvalue weighted by atomic mass is 10.2. The predicted molar refractivity (Wildman–Crippen MR) is 100 cm³/mol. The molecule has 0 radical (unpaired) electrons.